The van der Waals surface area contributed by atoms with E-state index in [-0.39, 0.29) is 29.0 Å². The zero-order chi connectivity index (χ0) is 19.4. The van der Waals surface area contributed by atoms with Crippen molar-refractivity contribution in [3.05, 3.63) is 11.6 Å². The first-order valence-corrected chi connectivity index (χ1v) is 11.6. The molecule has 2 nitrogen and oxygen atoms in total. The van der Waals surface area contributed by atoms with Crippen LogP contribution in [0, 0.1) is 51.2 Å². The SMILES string of the molecule is C[C@H]1CC[C@@H]2CC[C@@H]3C(=C[C@]4(C)C3[C@H]3C(C)(C)CC[C@@]3(CO)C[C@H]4O)[C@@]21C. The molecule has 9 atom stereocenters. The van der Waals surface area contributed by atoms with Crippen molar-refractivity contribution in [3.63, 3.8) is 0 Å². The molecular weight excluding hydrogens is 332 g/mol. The molecule has 0 spiro atoms. The third-order valence-corrected chi connectivity index (χ3v) is 11.0. The highest BCUT2D eigenvalue weighted by molar-refractivity contribution is 5.37. The van der Waals surface area contributed by atoms with Crippen LogP contribution in [-0.2, 0) is 0 Å². The molecule has 2 heteroatoms. The molecule has 5 aliphatic carbocycles. The zero-order valence-corrected chi connectivity index (χ0v) is 18.1. The highest BCUT2D eigenvalue weighted by atomic mass is 16.3. The van der Waals surface area contributed by atoms with Crippen LogP contribution in [-0.4, -0.2) is 22.9 Å². The number of aliphatic hydroxyl groups is 2. The van der Waals surface area contributed by atoms with Gasteiger partial charge in [0.1, 0.15) is 0 Å². The van der Waals surface area contributed by atoms with E-state index >= 15 is 0 Å². The second-order valence-electron chi connectivity index (χ2n) is 12.3. The lowest BCUT2D eigenvalue weighted by atomic mass is 9.47. The molecule has 0 aromatic heterocycles. The minimum atomic E-state index is -0.309. The summed E-state index contributed by atoms with van der Waals surface area (Å²) in [5.74, 6) is 3.26. The Balaban J connectivity index is 1.65. The summed E-state index contributed by atoms with van der Waals surface area (Å²) < 4.78 is 0. The van der Waals surface area contributed by atoms with E-state index in [1.165, 1.54) is 32.1 Å². The highest BCUT2D eigenvalue weighted by Crippen LogP contribution is 2.74. The molecule has 0 radical (unpaired) electrons. The first-order valence-electron chi connectivity index (χ1n) is 11.6. The Morgan fingerprint density at radius 2 is 1.74 bits per heavy atom. The fourth-order valence-corrected chi connectivity index (χ4v) is 9.42. The lowest BCUT2D eigenvalue weighted by Gasteiger charge is -2.58. The molecule has 5 aliphatic rings. The summed E-state index contributed by atoms with van der Waals surface area (Å²) in [4.78, 5) is 0. The zero-order valence-electron chi connectivity index (χ0n) is 18.1. The number of rotatable bonds is 1. The molecule has 0 aromatic rings. The standard InChI is InChI=1S/C25H40O2/c1-15-6-7-16-8-9-17-18(24(15,16)5)12-23(4)19(27)13-25(14-26)11-10-22(2,3)21(25)20(17)23/h12,15-17,19-21,26-27H,6-11,13-14H2,1-5H3/t15-,16+,17+,19+,20?,21-,23-,24+,25-/m0/s1. The fourth-order valence-electron chi connectivity index (χ4n) is 9.42. The quantitative estimate of drug-likeness (QED) is 0.622. The largest absolute Gasteiger partial charge is 0.396 e. The van der Waals surface area contributed by atoms with Crippen LogP contribution in [0.1, 0.15) is 79.6 Å². The lowest BCUT2D eigenvalue weighted by molar-refractivity contribution is -0.145. The van der Waals surface area contributed by atoms with Crippen LogP contribution in [0.25, 0.3) is 0 Å². The van der Waals surface area contributed by atoms with E-state index < -0.39 is 0 Å². The molecule has 4 fully saturated rings. The van der Waals surface area contributed by atoms with Gasteiger partial charge in [-0.3, -0.25) is 0 Å². The fraction of sp³-hybridized carbons (Fsp3) is 0.920. The van der Waals surface area contributed by atoms with Crippen molar-refractivity contribution >= 4 is 0 Å². The molecule has 1 unspecified atom stereocenters. The van der Waals surface area contributed by atoms with Gasteiger partial charge in [-0.05, 0) is 90.8 Å². The molecule has 2 N–H and O–H groups in total. The molecule has 27 heavy (non-hydrogen) atoms. The Hall–Kier alpha value is -0.340. The summed E-state index contributed by atoms with van der Waals surface area (Å²) in [6.45, 7) is 12.5. The first kappa shape index (κ1) is 18.7. The molecule has 0 aromatic carbocycles. The number of hydrogen-bond acceptors (Lipinski definition) is 2. The minimum Gasteiger partial charge on any atom is -0.396 e. The Bertz CT molecular complexity index is 680. The Kier molecular flexibility index (Phi) is 3.75. The first-order chi connectivity index (χ1) is 12.6. The lowest BCUT2D eigenvalue weighted by Crippen LogP contribution is -2.57. The van der Waals surface area contributed by atoms with E-state index in [9.17, 15) is 10.2 Å². The normalized spacial score (nSPS) is 58.3. The van der Waals surface area contributed by atoms with Crippen molar-refractivity contribution in [2.45, 2.75) is 85.7 Å². The summed E-state index contributed by atoms with van der Waals surface area (Å²) >= 11 is 0. The van der Waals surface area contributed by atoms with E-state index in [4.69, 9.17) is 0 Å². The summed E-state index contributed by atoms with van der Waals surface area (Å²) in [6.07, 6.45) is 10.8. The van der Waals surface area contributed by atoms with E-state index in [0.717, 1.165) is 24.7 Å². The van der Waals surface area contributed by atoms with E-state index in [1.807, 2.05) is 0 Å². The molecule has 0 heterocycles. The van der Waals surface area contributed by atoms with Crippen LogP contribution in [0.3, 0.4) is 0 Å². The van der Waals surface area contributed by atoms with Crippen molar-refractivity contribution in [1.82, 2.24) is 0 Å². The van der Waals surface area contributed by atoms with Crippen molar-refractivity contribution < 1.29 is 10.2 Å². The van der Waals surface area contributed by atoms with Crippen LogP contribution < -0.4 is 0 Å². The van der Waals surface area contributed by atoms with Crippen LogP contribution in [0.2, 0.25) is 0 Å². The summed E-state index contributed by atoms with van der Waals surface area (Å²) in [5, 5.41) is 22.0. The van der Waals surface area contributed by atoms with Gasteiger partial charge in [0, 0.05) is 12.0 Å². The summed E-state index contributed by atoms with van der Waals surface area (Å²) in [6, 6.07) is 0. The summed E-state index contributed by atoms with van der Waals surface area (Å²) in [5.41, 5.74) is 2.15. The monoisotopic (exact) mass is 372 g/mol. The van der Waals surface area contributed by atoms with Gasteiger partial charge in [-0.2, -0.15) is 0 Å². The number of aliphatic hydroxyl groups excluding tert-OH is 2. The second-order valence-corrected chi connectivity index (χ2v) is 12.3. The highest BCUT2D eigenvalue weighted by Gasteiger charge is 2.69. The molecule has 0 saturated heterocycles. The van der Waals surface area contributed by atoms with E-state index in [1.54, 1.807) is 5.57 Å². The maximum Gasteiger partial charge on any atom is 0.0637 e. The average Bonchev–Trinajstić information content (AvgIpc) is 3.18. The Morgan fingerprint density at radius 1 is 1.04 bits per heavy atom. The predicted molar refractivity (Wildman–Crippen MR) is 109 cm³/mol. The van der Waals surface area contributed by atoms with Gasteiger partial charge in [-0.1, -0.05) is 46.3 Å². The van der Waals surface area contributed by atoms with Crippen molar-refractivity contribution in [3.8, 4) is 0 Å². The Morgan fingerprint density at radius 3 is 2.44 bits per heavy atom. The molecule has 0 bridgehead atoms. The molecule has 152 valence electrons. The van der Waals surface area contributed by atoms with Crippen LogP contribution in [0.4, 0.5) is 0 Å². The topological polar surface area (TPSA) is 40.5 Å². The van der Waals surface area contributed by atoms with Crippen molar-refractivity contribution in [2.24, 2.45) is 51.2 Å². The van der Waals surface area contributed by atoms with Crippen molar-refractivity contribution in [2.75, 3.05) is 6.61 Å². The minimum absolute atomic E-state index is 0.0601. The van der Waals surface area contributed by atoms with Gasteiger partial charge in [-0.25, -0.2) is 0 Å². The molecule has 0 amide bonds. The van der Waals surface area contributed by atoms with Gasteiger partial charge in [0.2, 0.25) is 0 Å². The molecular formula is C25H40O2. The number of fused-ring (bicyclic) bond motifs is 7. The maximum atomic E-state index is 11.4. The van der Waals surface area contributed by atoms with Crippen LogP contribution in [0.15, 0.2) is 11.6 Å². The molecule has 0 aliphatic heterocycles. The average molecular weight is 373 g/mol. The van der Waals surface area contributed by atoms with Gasteiger partial charge in [0.05, 0.1) is 6.10 Å². The third-order valence-electron chi connectivity index (χ3n) is 11.0. The van der Waals surface area contributed by atoms with Crippen LogP contribution in [0.5, 0.6) is 0 Å². The van der Waals surface area contributed by atoms with Crippen molar-refractivity contribution in [1.29, 1.82) is 0 Å². The summed E-state index contributed by atoms with van der Waals surface area (Å²) in [7, 11) is 0. The predicted octanol–water partition coefficient (Wildman–Crippen LogP) is 5.19. The Labute approximate surface area is 165 Å². The second kappa shape index (κ2) is 5.42. The van der Waals surface area contributed by atoms with E-state index in [0.29, 0.717) is 23.2 Å². The molecule has 4 saturated carbocycles. The van der Waals surface area contributed by atoms with Gasteiger partial charge in [0.25, 0.3) is 0 Å². The third kappa shape index (κ3) is 2.05. The van der Waals surface area contributed by atoms with Gasteiger partial charge in [-0.15, -0.1) is 0 Å². The number of hydrogen-bond donors (Lipinski definition) is 2. The van der Waals surface area contributed by atoms with E-state index in [2.05, 4.69) is 40.7 Å². The van der Waals surface area contributed by atoms with Gasteiger partial charge < -0.3 is 10.2 Å². The van der Waals surface area contributed by atoms with Gasteiger partial charge >= 0.3 is 0 Å². The molecule has 5 rings (SSSR count). The van der Waals surface area contributed by atoms with Gasteiger partial charge in [0.15, 0.2) is 0 Å². The number of allylic oxidation sites excluding steroid dienone is 1. The van der Waals surface area contributed by atoms with Crippen LogP contribution >= 0.6 is 0 Å². The maximum absolute atomic E-state index is 11.4. The smallest absolute Gasteiger partial charge is 0.0637 e.